The highest BCUT2D eigenvalue weighted by Crippen LogP contribution is 2.70. The normalized spacial score (nSPS) is 51.7. The largest absolute Gasteiger partial charge is 0.317 e. The lowest BCUT2D eigenvalue weighted by Crippen LogP contribution is -2.56. The van der Waals surface area contributed by atoms with Crippen LogP contribution in [0, 0.1) is 22.2 Å². The molecule has 4 aliphatic carbocycles. The van der Waals surface area contributed by atoms with Crippen molar-refractivity contribution in [1.29, 1.82) is 0 Å². The molecule has 0 aromatic rings. The second-order valence-corrected chi connectivity index (χ2v) is 8.73. The van der Waals surface area contributed by atoms with Crippen molar-refractivity contribution in [2.75, 3.05) is 7.05 Å². The Hall–Kier alpha value is -0.0400. The quantitative estimate of drug-likeness (QED) is 0.780. The van der Waals surface area contributed by atoms with Crippen molar-refractivity contribution in [3.05, 3.63) is 0 Å². The van der Waals surface area contributed by atoms with Gasteiger partial charge in [0.2, 0.25) is 0 Å². The number of nitrogens with one attached hydrogen (secondary N) is 1. The summed E-state index contributed by atoms with van der Waals surface area (Å²) in [6, 6.07) is 0.744. The van der Waals surface area contributed by atoms with Crippen LogP contribution in [0.15, 0.2) is 0 Å². The minimum Gasteiger partial charge on any atom is -0.317 e. The lowest BCUT2D eigenvalue weighted by molar-refractivity contribution is -0.150. The average molecular weight is 249 g/mol. The first-order valence-corrected chi connectivity index (χ1v) is 8.07. The molecule has 0 aromatic carbocycles. The van der Waals surface area contributed by atoms with E-state index in [2.05, 4.69) is 33.1 Å². The van der Waals surface area contributed by atoms with Crippen LogP contribution in [0.1, 0.15) is 72.1 Å². The standard InChI is InChI=1S/C17H31N/c1-5-14(18-4)9-17-8-13-6-15(2,11-17)10-16(3,7-13)12-17/h13-14,18H,5-12H2,1-4H3. The van der Waals surface area contributed by atoms with Crippen molar-refractivity contribution in [3.63, 3.8) is 0 Å². The first-order chi connectivity index (χ1) is 8.40. The molecule has 4 aliphatic rings. The molecule has 0 spiro atoms. The lowest BCUT2D eigenvalue weighted by Gasteiger charge is -2.66. The van der Waals surface area contributed by atoms with Crippen LogP contribution in [0.3, 0.4) is 0 Å². The molecule has 0 radical (unpaired) electrons. The highest BCUT2D eigenvalue weighted by molar-refractivity contribution is 5.10. The number of rotatable bonds is 4. The Bertz CT molecular complexity index is 313. The molecular formula is C17H31N. The Kier molecular flexibility index (Phi) is 2.86. The van der Waals surface area contributed by atoms with Crippen LogP contribution < -0.4 is 5.32 Å². The summed E-state index contributed by atoms with van der Waals surface area (Å²) in [5.41, 5.74) is 2.05. The topological polar surface area (TPSA) is 12.0 Å². The van der Waals surface area contributed by atoms with Gasteiger partial charge in [-0.1, -0.05) is 20.8 Å². The summed E-state index contributed by atoms with van der Waals surface area (Å²) >= 11 is 0. The molecule has 1 nitrogen and oxygen atoms in total. The summed E-state index contributed by atoms with van der Waals surface area (Å²) in [6.07, 6.45) is 11.9. The van der Waals surface area contributed by atoms with Crippen molar-refractivity contribution in [2.24, 2.45) is 22.2 Å². The minimum atomic E-state index is 0.681. The summed E-state index contributed by atoms with van der Waals surface area (Å²) in [4.78, 5) is 0. The van der Waals surface area contributed by atoms with Crippen LogP contribution in [0.25, 0.3) is 0 Å². The molecule has 0 aliphatic heterocycles. The van der Waals surface area contributed by atoms with E-state index in [1.54, 1.807) is 0 Å². The summed E-state index contributed by atoms with van der Waals surface area (Å²) < 4.78 is 0. The molecule has 18 heavy (non-hydrogen) atoms. The molecule has 1 N–H and O–H groups in total. The van der Waals surface area contributed by atoms with Gasteiger partial charge in [0.15, 0.2) is 0 Å². The van der Waals surface area contributed by atoms with Gasteiger partial charge in [-0.15, -0.1) is 0 Å². The second-order valence-electron chi connectivity index (χ2n) is 8.73. The maximum atomic E-state index is 3.55. The second kappa shape index (κ2) is 3.98. The van der Waals surface area contributed by atoms with Gasteiger partial charge in [-0.3, -0.25) is 0 Å². The SMILES string of the molecule is CCC(CC12CC3CC(C)(CC(C)(C3)C1)C2)NC. The molecular weight excluding hydrogens is 218 g/mol. The van der Waals surface area contributed by atoms with Crippen LogP contribution in [-0.2, 0) is 0 Å². The minimum absolute atomic E-state index is 0.681. The van der Waals surface area contributed by atoms with Crippen molar-refractivity contribution in [1.82, 2.24) is 5.32 Å². The maximum Gasteiger partial charge on any atom is 0.00667 e. The van der Waals surface area contributed by atoms with E-state index in [-0.39, 0.29) is 0 Å². The van der Waals surface area contributed by atoms with Gasteiger partial charge in [-0.25, -0.2) is 0 Å². The van der Waals surface area contributed by atoms with E-state index in [4.69, 9.17) is 0 Å². The van der Waals surface area contributed by atoms with Crippen molar-refractivity contribution >= 4 is 0 Å². The van der Waals surface area contributed by atoms with Gasteiger partial charge in [0, 0.05) is 6.04 Å². The first kappa shape index (κ1) is 13.0. The molecule has 0 saturated heterocycles. The Balaban J connectivity index is 1.84. The molecule has 0 amide bonds. The molecule has 0 aromatic heterocycles. The number of hydrogen-bond acceptors (Lipinski definition) is 1. The van der Waals surface area contributed by atoms with Gasteiger partial charge in [-0.05, 0) is 80.6 Å². The van der Waals surface area contributed by atoms with Gasteiger partial charge < -0.3 is 5.32 Å². The van der Waals surface area contributed by atoms with E-state index >= 15 is 0 Å². The predicted octanol–water partition coefficient (Wildman–Crippen LogP) is 4.37. The highest BCUT2D eigenvalue weighted by atomic mass is 14.9. The average Bonchev–Trinajstić information content (AvgIpc) is 2.20. The number of hydrogen-bond donors (Lipinski definition) is 1. The molecule has 4 saturated carbocycles. The molecule has 4 rings (SSSR count). The predicted molar refractivity (Wildman–Crippen MR) is 77.6 cm³/mol. The highest BCUT2D eigenvalue weighted by Gasteiger charge is 2.59. The van der Waals surface area contributed by atoms with Crippen LogP contribution in [0.5, 0.6) is 0 Å². The van der Waals surface area contributed by atoms with E-state index in [0.29, 0.717) is 16.2 Å². The molecule has 3 unspecified atom stereocenters. The van der Waals surface area contributed by atoms with Crippen LogP contribution >= 0.6 is 0 Å². The molecule has 4 fully saturated rings. The molecule has 3 atom stereocenters. The fourth-order valence-electron chi connectivity index (χ4n) is 6.89. The third kappa shape index (κ3) is 2.03. The third-order valence-electron chi connectivity index (χ3n) is 6.32. The Labute approximate surface area is 113 Å². The molecule has 104 valence electrons. The molecule has 0 heterocycles. The van der Waals surface area contributed by atoms with Crippen LogP contribution in [0.2, 0.25) is 0 Å². The smallest absolute Gasteiger partial charge is 0.00667 e. The van der Waals surface area contributed by atoms with Gasteiger partial charge in [0.05, 0.1) is 0 Å². The fraction of sp³-hybridized carbons (Fsp3) is 1.00. The Morgan fingerprint density at radius 2 is 1.67 bits per heavy atom. The van der Waals surface area contributed by atoms with Gasteiger partial charge in [0.1, 0.15) is 0 Å². The monoisotopic (exact) mass is 249 g/mol. The third-order valence-corrected chi connectivity index (χ3v) is 6.32. The van der Waals surface area contributed by atoms with Gasteiger partial charge >= 0.3 is 0 Å². The molecule has 4 bridgehead atoms. The first-order valence-electron chi connectivity index (χ1n) is 8.07. The lowest BCUT2D eigenvalue weighted by atomic mass is 9.39. The van der Waals surface area contributed by atoms with Crippen molar-refractivity contribution in [2.45, 2.75) is 78.2 Å². The Morgan fingerprint density at radius 1 is 1.06 bits per heavy atom. The van der Waals surface area contributed by atoms with E-state index in [1.807, 2.05) is 0 Å². The fourth-order valence-corrected chi connectivity index (χ4v) is 6.89. The van der Waals surface area contributed by atoms with E-state index < -0.39 is 0 Å². The van der Waals surface area contributed by atoms with E-state index in [9.17, 15) is 0 Å². The zero-order chi connectivity index (χ0) is 13.0. The zero-order valence-corrected chi connectivity index (χ0v) is 12.8. The van der Waals surface area contributed by atoms with Crippen LogP contribution in [0.4, 0.5) is 0 Å². The van der Waals surface area contributed by atoms with Gasteiger partial charge in [0.25, 0.3) is 0 Å². The summed E-state index contributed by atoms with van der Waals surface area (Å²) in [5.74, 6) is 1.05. The summed E-state index contributed by atoms with van der Waals surface area (Å²) in [6.45, 7) is 7.51. The van der Waals surface area contributed by atoms with Gasteiger partial charge in [-0.2, -0.15) is 0 Å². The van der Waals surface area contributed by atoms with E-state index in [1.165, 1.54) is 51.4 Å². The Morgan fingerprint density at radius 3 is 2.11 bits per heavy atom. The van der Waals surface area contributed by atoms with Crippen molar-refractivity contribution < 1.29 is 0 Å². The van der Waals surface area contributed by atoms with Crippen LogP contribution in [-0.4, -0.2) is 13.1 Å². The molecule has 1 heteroatoms. The van der Waals surface area contributed by atoms with E-state index in [0.717, 1.165) is 12.0 Å². The van der Waals surface area contributed by atoms with Crippen molar-refractivity contribution in [3.8, 4) is 0 Å². The summed E-state index contributed by atoms with van der Waals surface area (Å²) in [7, 11) is 2.15. The maximum absolute atomic E-state index is 3.55. The summed E-state index contributed by atoms with van der Waals surface area (Å²) in [5, 5.41) is 3.55. The zero-order valence-electron chi connectivity index (χ0n) is 12.8.